The first-order valence-corrected chi connectivity index (χ1v) is 7.74. The van der Waals surface area contributed by atoms with Crippen molar-refractivity contribution in [3.8, 4) is 0 Å². The van der Waals surface area contributed by atoms with Gasteiger partial charge in [0.25, 0.3) is 0 Å². The van der Waals surface area contributed by atoms with E-state index < -0.39 is 20.6 Å². The average Bonchev–Trinajstić information content (AvgIpc) is 1.63. The second kappa shape index (κ2) is 18.3. The number of hydrogen-bond acceptors (Lipinski definition) is 4. The quantitative estimate of drug-likeness (QED) is 0.664. The van der Waals surface area contributed by atoms with E-state index in [-0.39, 0.29) is 14.9 Å². The molecular weight excluding hydrogens is 228 g/mol. The van der Waals surface area contributed by atoms with Crippen LogP contribution in [0, 0.1) is 0 Å². The fraction of sp³-hybridized carbons (Fsp3) is 1.00. The summed E-state index contributed by atoms with van der Waals surface area (Å²) in [6.45, 7) is 0. The highest BCUT2D eigenvalue weighted by Gasteiger charge is 1.79. The van der Waals surface area contributed by atoms with Gasteiger partial charge < -0.3 is 0 Å². The van der Waals surface area contributed by atoms with Crippen molar-refractivity contribution in [1.29, 1.82) is 0 Å². The predicted molar refractivity (Wildman–Crippen MR) is 69.1 cm³/mol. The molecule has 0 saturated heterocycles. The van der Waals surface area contributed by atoms with Crippen molar-refractivity contribution in [1.82, 2.24) is 0 Å². The summed E-state index contributed by atoms with van der Waals surface area (Å²) in [6.07, 6.45) is 7.29. The summed E-state index contributed by atoms with van der Waals surface area (Å²) in [5.41, 5.74) is 0. The van der Waals surface area contributed by atoms with E-state index >= 15 is 0 Å². The van der Waals surface area contributed by atoms with Crippen LogP contribution in [-0.4, -0.2) is 43.9 Å². The van der Waals surface area contributed by atoms with Crippen LogP contribution in [0.4, 0.5) is 0 Å². The molecule has 0 heterocycles. The summed E-state index contributed by atoms with van der Waals surface area (Å²) >= 11 is 3.53. The standard InChI is InChI=1S/C2H6O2S.C2H6OS.CH4S.2CH4/c1-5(2,3)4;1-4(2)3;1-2;;/h1-2H3;1-2H3;2H,1H3;2*1H4. The van der Waals surface area contributed by atoms with Crippen molar-refractivity contribution in [3.05, 3.63) is 0 Å². The van der Waals surface area contributed by atoms with Crippen LogP contribution in [0.2, 0.25) is 0 Å². The summed E-state index contributed by atoms with van der Waals surface area (Å²) in [7, 11) is -3.28. The molecule has 88 valence electrons. The van der Waals surface area contributed by atoms with E-state index in [1.54, 1.807) is 18.8 Å². The molecule has 13 heavy (non-hydrogen) atoms. The van der Waals surface area contributed by atoms with Gasteiger partial charge in [-0.15, -0.1) is 0 Å². The molecule has 0 radical (unpaired) electrons. The van der Waals surface area contributed by atoms with E-state index in [1.807, 2.05) is 0 Å². The normalized spacial score (nSPS) is 7.62. The molecule has 6 heteroatoms. The topological polar surface area (TPSA) is 51.2 Å². The lowest BCUT2D eigenvalue weighted by atomic mass is 11.9. The molecule has 0 aliphatic heterocycles. The molecule has 0 spiro atoms. The van der Waals surface area contributed by atoms with E-state index in [1.165, 1.54) is 0 Å². The third-order valence-electron chi connectivity index (χ3n) is 0. The Bertz CT molecular complexity index is 161. The second-order valence-electron chi connectivity index (χ2n) is 1.88. The van der Waals surface area contributed by atoms with Crippen molar-refractivity contribution < 1.29 is 12.6 Å². The molecule has 0 atom stereocenters. The molecule has 0 aromatic heterocycles. The van der Waals surface area contributed by atoms with E-state index in [4.69, 9.17) is 0 Å². The number of sulfone groups is 1. The van der Waals surface area contributed by atoms with E-state index in [0.717, 1.165) is 12.5 Å². The highest BCUT2D eigenvalue weighted by molar-refractivity contribution is 7.89. The molecule has 0 fully saturated rings. The maximum Gasteiger partial charge on any atom is 0.144 e. The predicted octanol–water partition coefficient (Wildman–Crippen LogP) is 1.47. The largest absolute Gasteiger partial charge is 0.260 e. The summed E-state index contributed by atoms with van der Waals surface area (Å²) in [4.78, 5) is 0. The van der Waals surface area contributed by atoms with Gasteiger partial charge in [0.2, 0.25) is 0 Å². The Hall–Kier alpha value is 0.450. The SMILES string of the molecule is C.C.CS.CS(C)(=O)=O.CS(C)=O. The molecule has 3 nitrogen and oxygen atoms in total. The van der Waals surface area contributed by atoms with Gasteiger partial charge in [-0.25, -0.2) is 8.42 Å². The zero-order valence-corrected chi connectivity index (χ0v) is 10.0. The lowest BCUT2D eigenvalue weighted by Crippen LogP contribution is -1.86. The molecule has 0 aliphatic carbocycles. The van der Waals surface area contributed by atoms with Crippen molar-refractivity contribution in [3.63, 3.8) is 0 Å². The first-order valence-electron chi connectivity index (χ1n) is 2.58. The average molecular weight is 252 g/mol. The van der Waals surface area contributed by atoms with Crippen LogP contribution in [-0.2, 0) is 20.6 Å². The van der Waals surface area contributed by atoms with Crippen LogP contribution in [0.1, 0.15) is 14.9 Å². The maximum absolute atomic E-state index is 9.63. The number of thiol groups is 1. The van der Waals surface area contributed by atoms with Gasteiger partial charge in [-0.3, -0.25) is 4.21 Å². The van der Waals surface area contributed by atoms with Crippen LogP contribution in [0.3, 0.4) is 0 Å². The molecule has 0 aromatic rings. The lowest BCUT2D eigenvalue weighted by Gasteiger charge is -1.69. The molecule has 0 saturated carbocycles. The molecule has 0 bridgehead atoms. The van der Waals surface area contributed by atoms with Gasteiger partial charge in [0.15, 0.2) is 0 Å². The van der Waals surface area contributed by atoms with Crippen molar-refractivity contribution in [2.24, 2.45) is 0 Å². The Balaban J connectivity index is -0.0000000246. The summed E-state index contributed by atoms with van der Waals surface area (Å²) in [6, 6.07) is 0. The molecular formula is C7H24O3S3. The highest BCUT2D eigenvalue weighted by Crippen LogP contribution is 1.61. The molecule has 0 amide bonds. The van der Waals surface area contributed by atoms with Crippen molar-refractivity contribution >= 4 is 33.3 Å². The first kappa shape index (κ1) is 29.2. The van der Waals surface area contributed by atoms with Gasteiger partial charge in [0.05, 0.1) is 0 Å². The molecule has 0 unspecified atom stereocenters. The third-order valence-corrected chi connectivity index (χ3v) is 0. The third kappa shape index (κ3) is 6710. The summed E-state index contributed by atoms with van der Waals surface area (Å²) in [5, 5.41) is 0. The molecule has 0 aromatic carbocycles. The van der Waals surface area contributed by atoms with Crippen LogP contribution in [0.15, 0.2) is 0 Å². The zero-order chi connectivity index (χ0) is 10.1. The van der Waals surface area contributed by atoms with Gasteiger partial charge in [-0.1, -0.05) is 14.9 Å². The van der Waals surface area contributed by atoms with Gasteiger partial charge in [0, 0.05) is 35.8 Å². The van der Waals surface area contributed by atoms with Crippen LogP contribution >= 0.6 is 12.6 Å². The first-order chi connectivity index (χ1) is 4.73. The van der Waals surface area contributed by atoms with E-state index in [0.29, 0.717) is 0 Å². The van der Waals surface area contributed by atoms with Gasteiger partial charge in [-0.2, -0.15) is 12.6 Å². The monoisotopic (exact) mass is 252 g/mol. The van der Waals surface area contributed by atoms with Crippen LogP contribution < -0.4 is 0 Å². The minimum Gasteiger partial charge on any atom is -0.260 e. The Morgan fingerprint density at radius 1 is 1.00 bits per heavy atom. The Kier molecular flexibility index (Phi) is 41.1. The highest BCUT2D eigenvalue weighted by atomic mass is 32.2. The minimum atomic E-state index is -2.67. The van der Waals surface area contributed by atoms with E-state index in [9.17, 15) is 12.6 Å². The smallest absolute Gasteiger partial charge is 0.144 e. The molecule has 0 aliphatic rings. The molecule has 0 N–H and O–H groups in total. The summed E-state index contributed by atoms with van der Waals surface area (Å²) in [5.74, 6) is 0. The maximum atomic E-state index is 9.63. The Morgan fingerprint density at radius 2 is 1.00 bits per heavy atom. The minimum absolute atomic E-state index is 0. The van der Waals surface area contributed by atoms with Crippen molar-refractivity contribution in [2.75, 3.05) is 31.3 Å². The zero-order valence-electron chi connectivity index (χ0n) is 7.49. The number of hydrogen-bond donors (Lipinski definition) is 1. The van der Waals surface area contributed by atoms with Gasteiger partial charge in [0.1, 0.15) is 9.84 Å². The van der Waals surface area contributed by atoms with Crippen molar-refractivity contribution in [2.45, 2.75) is 14.9 Å². The second-order valence-corrected chi connectivity index (χ2v) is 5.65. The van der Waals surface area contributed by atoms with Crippen LogP contribution in [0.5, 0.6) is 0 Å². The van der Waals surface area contributed by atoms with Gasteiger partial charge >= 0.3 is 0 Å². The lowest BCUT2D eigenvalue weighted by molar-refractivity contribution is 0.607. The fourth-order valence-corrected chi connectivity index (χ4v) is 0. The number of rotatable bonds is 0. The fourth-order valence-electron chi connectivity index (χ4n) is 0. The van der Waals surface area contributed by atoms with Crippen LogP contribution in [0.25, 0.3) is 0 Å². The molecule has 0 rings (SSSR count). The Morgan fingerprint density at radius 3 is 1.00 bits per heavy atom. The summed E-state index contributed by atoms with van der Waals surface area (Å²) < 4.78 is 28.8. The Labute approximate surface area is 92.1 Å². The van der Waals surface area contributed by atoms with Gasteiger partial charge in [-0.05, 0) is 6.26 Å². The van der Waals surface area contributed by atoms with E-state index in [2.05, 4.69) is 12.6 Å².